The predicted octanol–water partition coefficient (Wildman–Crippen LogP) is 1.11. The van der Waals surface area contributed by atoms with Crippen LogP contribution < -0.4 is 5.32 Å². The molecule has 9 nitrogen and oxygen atoms in total. The number of aliphatic hydroxyl groups excluding tert-OH is 2. The molecule has 0 saturated heterocycles. The molecule has 1 aromatic heterocycles. The molecule has 0 fully saturated rings. The van der Waals surface area contributed by atoms with E-state index in [2.05, 4.69) is 11.4 Å². The highest BCUT2D eigenvalue weighted by Gasteiger charge is 2.29. The second kappa shape index (κ2) is 12.9. The van der Waals surface area contributed by atoms with Crippen molar-refractivity contribution >= 4 is 40.8 Å². The summed E-state index contributed by atoms with van der Waals surface area (Å²) in [6, 6.07) is 10.8. The Bertz CT molecular complexity index is 812. The van der Waals surface area contributed by atoms with Gasteiger partial charge in [-0.1, -0.05) is 35.9 Å². The molecule has 11 heteroatoms. The minimum absolute atomic E-state index is 0.388. The molecule has 164 valence electrons. The van der Waals surface area contributed by atoms with Crippen LogP contribution in [0.25, 0.3) is 0 Å². The van der Waals surface area contributed by atoms with Gasteiger partial charge in [-0.2, -0.15) is 0 Å². The number of carbonyl (C=O) groups is 3. The largest absolute Gasteiger partial charge is 0.480 e. The van der Waals surface area contributed by atoms with Gasteiger partial charge in [0.25, 0.3) is 0 Å². The molecule has 6 N–H and O–H groups in total. The Morgan fingerprint density at radius 2 is 1.53 bits per heavy atom. The molecule has 3 unspecified atom stereocenters. The first-order valence-corrected chi connectivity index (χ1v) is 9.93. The number of benzene rings is 1. The Labute approximate surface area is 181 Å². The van der Waals surface area contributed by atoms with Crippen molar-refractivity contribution in [3.8, 4) is 0 Å². The molecule has 1 aromatic carbocycles. The van der Waals surface area contributed by atoms with Gasteiger partial charge in [0.2, 0.25) is 0 Å². The Morgan fingerprint density at radius 3 is 2.00 bits per heavy atom. The summed E-state index contributed by atoms with van der Waals surface area (Å²) in [6.45, 7) is 0.641. The molecule has 0 spiro atoms. The third kappa shape index (κ3) is 8.89. The van der Waals surface area contributed by atoms with Gasteiger partial charge in [-0.05, 0) is 35.9 Å². The average Bonchev–Trinajstić information content (AvgIpc) is 3.21. The Balaban J connectivity index is 0.000000382. The lowest BCUT2D eigenvalue weighted by atomic mass is 10.1. The molecule has 0 bridgehead atoms. The van der Waals surface area contributed by atoms with Gasteiger partial charge in [0, 0.05) is 16.4 Å². The fraction of sp³-hybridized carbons (Fsp3) is 0.316. The van der Waals surface area contributed by atoms with E-state index in [1.807, 2.05) is 29.6 Å². The highest BCUT2D eigenvalue weighted by molar-refractivity contribution is 7.09. The van der Waals surface area contributed by atoms with Crippen LogP contribution >= 0.6 is 22.9 Å². The van der Waals surface area contributed by atoms with E-state index in [1.165, 1.54) is 4.88 Å². The SMILES string of the molecule is O=C(O)C(Cc1ccccc1Cl)NCCc1cccs1.O=C(O)C(O)C(O)C(=O)O. The topological polar surface area (TPSA) is 164 Å². The van der Waals surface area contributed by atoms with Gasteiger partial charge >= 0.3 is 17.9 Å². The van der Waals surface area contributed by atoms with Crippen LogP contribution in [0.15, 0.2) is 41.8 Å². The molecular weight excluding hydrogens is 438 g/mol. The van der Waals surface area contributed by atoms with Gasteiger partial charge in [-0.25, -0.2) is 9.59 Å². The van der Waals surface area contributed by atoms with Crippen LogP contribution in [0.2, 0.25) is 5.02 Å². The van der Waals surface area contributed by atoms with E-state index < -0.39 is 36.2 Å². The van der Waals surface area contributed by atoms with Crippen molar-refractivity contribution in [2.45, 2.75) is 31.1 Å². The number of hydrogen-bond acceptors (Lipinski definition) is 7. The van der Waals surface area contributed by atoms with Crippen LogP contribution in [-0.2, 0) is 27.2 Å². The van der Waals surface area contributed by atoms with Crippen LogP contribution in [0.5, 0.6) is 0 Å². The molecule has 3 atom stereocenters. The van der Waals surface area contributed by atoms with Gasteiger partial charge in [0.05, 0.1) is 0 Å². The standard InChI is InChI=1S/C15H16ClNO2S.C4H6O6/c16-13-6-2-1-4-11(13)10-14(15(18)19)17-8-7-12-5-3-9-20-12;5-1(3(7)8)2(6)4(9)10/h1-6,9,14,17H,7-8,10H2,(H,18,19);1-2,5-6H,(H,7,8)(H,9,10). The fourth-order valence-corrected chi connectivity index (χ4v) is 3.15. The van der Waals surface area contributed by atoms with E-state index in [-0.39, 0.29) is 0 Å². The van der Waals surface area contributed by atoms with Crippen LogP contribution in [0.3, 0.4) is 0 Å². The third-order valence-electron chi connectivity index (χ3n) is 3.83. The first-order chi connectivity index (χ1) is 14.1. The molecule has 30 heavy (non-hydrogen) atoms. The number of thiophene rings is 1. The second-order valence-electron chi connectivity index (χ2n) is 6.04. The van der Waals surface area contributed by atoms with E-state index in [0.717, 1.165) is 12.0 Å². The van der Waals surface area contributed by atoms with E-state index in [0.29, 0.717) is 18.0 Å². The molecule has 0 radical (unpaired) electrons. The van der Waals surface area contributed by atoms with Crippen molar-refractivity contribution in [2.24, 2.45) is 0 Å². The zero-order valence-electron chi connectivity index (χ0n) is 15.6. The normalized spacial score (nSPS) is 13.4. The maximum Gasteiger partial charge on any atom is 0.335 e. The molecule has 2 rings (SSSR count). The zero-order chi connectivity index (χ0) is 22.7. The second-order valence-corrected chi connectivity index (χ2v) is 7.48. The maximum absolute atomic E-state index is 11.3. The third-order valence-corrected chi connectivity index (χ3v) is 5.13. The van der Waals surface area contributed by atoms with E-state index in [4.69, 9.17) is 32.0 Å². The molecule has 0 saturated carbocycles. The summed E-state index contributed by atoms with van der Waals surface area (Å²) >= 11 is 7.75. The van der Waals surface area contributed by atoms with Gasteiger partial charge < -0.3 is 30.8 Å². The quantitative estimate of drug-likeness (QED) is 0.305. The minimum atomic E-state index is -2.27. The van der Waals surface area contributed by atoms with E-state index in [9.17, 15) is 19.5 Å². The van der Waals surface area contributed by atoms with Crippen LogP contribution in [0.4, 0.5) is 0 Å². The zero-order valence-corrected chi connectivity index (χ0v) is 17.2. The summed E-state index contributed by atoms with van der Waals surface area (Å²) < 4.78 is 0. The summed E-state index contributed by atoms with van der Waals surface area (Å²) in [7, 11) is 0. The molecular formula is C19H22ClNO8S. The van der Waals surface area contributed by atoms with Gasteiger partial charge in [0.1, 0.15) is 6.04 Å². The molecule has 2 aromatic rings. The van der Waals surface area contributed by atoms with Crippen molar-refractivity contribution < 1.29 is 39.9 Å². The number of carboxylic acids is 3. The lowest BCUT2D eigenvalue weighted by molar-refractivity contribution is -0.165. The van der Waals surface area contributed by atoms with Gasteiger partial charge in [-0.15, -0.1) is 11.3 Å². The lowest BCUT2D eigenvalue weighted by Crippen LogP contribution is -2.39. The van der Waals surface area contributed by atoms with Crippen LogP contribution in [-0.4, -0.2) is 68.2 Å². The van der Waals surface area contributed by atoms with Crippen molar-refractivity contribution in [1.29, 1.82) is 0 Å². The van der Waals surface area contributed by atoms with Crippen LogP contribution in [0, 0.1) is 0 Å². The summed E-state index contributed by atoms with van der Waals surface area (Å²) in [6.07, 6.45) is -3.31. The Kier molecular flexibility index (Phi) is 11.0. The molecule has 1 heterocycles. The summed E-state index contributed by atoms with van der Waals surface area (Å²) in [5.41, 5.74) is 0.852. The smallest absolute Gasteiger partial charge is 0.335 e. The van der Waals surface area contributed by atoms with E-state index >= 15 is 0 Å². The highest BCUT2D eigenvalue weighted by atomic mass is 35.5. The van der Waals surface area contributed by atoms with Gasteiger partial charge in [-0.3, -0.25) is 4.79 Å². The van der Waals surface area contributed by atoms with Crippen molar-refractivity contribution in [2.75, 3.05) is 6.54 Å². The van der Waals surface area contributed by atoms with Crippen molar-refractivity contribution in [3.63, 3.8) is 0 Å². The molecule has 0 amide bonds. The number of aliphatic carboxylic acids is 3. The average molecular weight is 460 g/mol. The Morgan fingerprint density at radius 1 is 0.933 bits per heavy atom. The summed E-state index contributed by atoms with van der Waals surface area (Å²) in [5.74, 6) is -4.39. The predicted molar refractivity (Wildman–Crippen MR) is 110 cm³/mol. The summed E-state index contributed by atoms with van der Waals surface area (Å²) in [5, 5.41) is 47.5. The number of carboxylic acid groups (broad SMARTS) is 3. The van der Waals surface area contributed by atoms with Crippen molar-refractivity contribution in [3.05, 3.63) is 57.2 Å². The number of nitrogens with one attached hydrogen (secondary N) is 1. The molecule has 0 aliphatic carbocycles. The van der Waals surface area contributed by atoms with Crippen molar-refractivity contribution in [1.82, 2.24) is 5.32 Å². The first kappa shape index (κ1) is 25.5. The minimum Gasteiger partial charge on any atom is -0.480 e. The number of aliphatic hydroxyl groups is 2. The molecule has 0 aliphatic heterocycles. The lowest BCUT2D eigenvalue weighted by Gasteiger charge is -2.15. The van der Waals surface area contributed by atoms with Gasteiger partial charge in [0.15, 0.2) is 12.2 Å². The van der Waals surface area contributed by atoms with E-state index in [1.54, 1.807) is 17.4 Å². The number of rotatable bonds is 10. The number of halogens is 1. The maximum atomic E-state index is 11.3. The fourth-order valence-electron chi connectivity index (χ4n) is 2.23. The Hall–Kier alpha value is -2.50. The first-order valence-electron chi connectivity index (χ1n) is 8.67. The highest BCUT2D eigenvalue weighted by Crippen LogP contribution is 2.17. The number of hydrogen-bond donors (Lipinski definition) is 6. The summed E-state index contributed by atoms with van der Waals surface area (Å²) in [4.78, 5) is 32.1. The molecule has 0 aliphatic rings. The monoisotopic (exact) mass is 459 g/mol. The van der Waals surface area contributed by atoms with Crippen LogP contribution in [0.1, 0.15) is 10.4 Å².